The maximum Gasteiger partial charge on any atom is 0.262 e. The smallest absolute Gasteiger partial charge is 0.262 e. The molecule has 1 amide bonds. The number of amides is 1. The standard InChI is InChI=1S/C23H19N3O4/c1-28-20-14-8-6-12-18(20)24-21(27)15-29-19-13-7-5-11-17(19)23-26-25-22(30-23)16-9-3-2-4-10-16/h2-14H,15H2,1H3,(H,24,27). The SMILES string of the molecule is COc1ccccc1NC(=O)COc1ccccc1-c1nnc(-c2ccccc2)o1. The summed E-state index contributed by atoms with van der Waals surface area (Å²) in [6, 6.07) is 23.9. The first-order valence-corrected chi connectivity index (χ1v) is 9.28. The number of carbonyl (C=O) groups excluding carboxylic acids is 1. The largest absolute Gasteiger partial charge is 0.495 e. The molecule has 0 aliphatic heterocycles. The Morgan fingerprint density at radius 1 is 0.867 bits per heavy atom. The zero-order valence-electron chi connectivity index (χ0n) is 16.2. The van der Waals surface area contributed by atoms with Gasteiger partial charge in [0.15, 0.2) is 6.61 Å². The van der Waals surface area contributed by atoms with Crippen molar-refractivity contribution in [1.29, 1.82) is 0 Å². The molecule has 0 aliphatic rings. The summed E-state index contributed by atoms with van der Waals surface area (Å²) >= 11 is 0. The summed E-state index contributed by atoms with van der Waals surface area (Å²) in [5.74, 6) is 1.45. The highest BCUT2D eigenvalue weighted by atomic mass is 16.5. The molecule has 0 atom stereocenters. The summed E-state index contributed by atoms with van der Waals surface area (Å²) in [5.41, 5.74) is 2.01. The van der Waals surface area contributed by atoms with Crippen LogP contribution in [-0.4, -0.2) is 29.8 Å². The van der Waals surface area contributed by atoms with E-state index in [2.05, 4.69) is 15.5 Å². The molecule has 3 aromatic carbocycles. The summed E-state index contributed by atoms with van der Waals surface area (Å²) < 4.78 is 16.8. The number of methoxy groups -OCH3 is 1. The van der Waals surface area contributed by atoms with Crippen molar-refractivity contribution in [2.24, 2.45) is 0 Å². The molecule has 0 spiro atoms. The molecule has 0 unspecified atom stereocenters. The van der Waals surface area contributed by atoms with E-state index in [0.29, 0.717) is 34.5 Å². The van der Waals surface area contributed by atoms with E-state index in [9.17, 15) is 4.79 Å². The Labute approximate surface area is 173 Å². The van der Waals surface area contributed by atoms with Gasteiger partial charge in [0.25, 0.3) is 11.8 Å². The monoisotopic (exact) mass is 401 g/mol. The summed E-state index contributed by atoms with van der Waals surface area (Å²) in [6.45, 7) is -0.186. The summed E-state index contributed by atoms with van der Waals surface area (Å²) in [7, 11) is 1.55. The van der Waals surface area contributed by atoms with Crippen LogP contribution >= 0.6 is 0 Å². The Kier molecular flexibility index (Phi) is 5.70. The highest BCUT2D eigenvalue weighted by molar-refractivity contribution is 5.93. The van der Waals surface area contributed by atoms with E-state index in [4.69, 9.17) is 13.9 Å². The maximum absolute atomic E-state index is 12.3. The van der Waals surface area contributed by atoms with E-state index in [1.54, 1.807) is 31.4 Å². The van der Waals surface area contributed by atoms with Crippen molar-refractivity contribution in [3.05, 3.63) is 78.9 Å². The molecule has 0 bridgehead atoms. The quantitative estimate of drug-likeness (QED) is 0.493. The number of nitrogens with one attached hydrogen (secondary N) is 1. The van der Waals surface area contributed by atoms with Crippen LogP contribution in [0.2, 0.25) is 0 Å². The molecule has 150 valence electrons. The van der Waals surface area contributed by atoms with Crippen LogP contribution in [0.4, 0.5) is 5.69 Å². The summed E-state index contributed by atoms with van der Waals surface area (Å²) in [5, 5.41) is 11.0. The number of anilines is 1. The number of nitrogens with zero attached hydrogens (tertiary/aromatic N) is 2. The molecule has 7 heteroatoms. The Hall–Kier alpha value is -4.13. The van der Waals surface area contributed by atoms with Crippen LogP contribution in [-0.2, 0) is 4.79 Å². The van der Waals surface area contributed by atoms with Crippen molar-refractivity contribution in [1.82, 2.24) is 10.2 Å². The molecular formula is C23H19N3O4. The summed E-state index contributed by atoms with van der Waals surface area (Å²) in [6.07, 6.45) is 0. The second-order valence-electron chi connectivity index (χ2n) is 6.31. The second kappa shape index (κ2) is 8.91. The topological polar surface area (TPSA) is 86.5 Å². The van der Waals surface area contributed by atoms with E-state index in [1.807, 2.05) is 54.6 Å². The predicted octanol–water partition coefficient (Wildman–Crippen LogP) is 4.43. The lowest BCUT2D eigenvalue weighted by atomic mass is 10.2. The van der Waals surface area contributed by atoms with Crippen LogP contribution in [0.15, 0.2) is 83.3 Å². The van der Waals surface area contributed by atoms with E-state index < -0.39 is 0 Å². The van der Waals surface area contributed by atoms with Crippen LogP contribution < -0.4 is 14.8 Å². The van der Waals surface area contributed by atoms with Crippen LogP contribution in [0, 0.1) is 0 Å². The zero-order chi connectivity index (χ0) is 20.8. The third kappa shape index (κ3) is 4.30. The number of hydrogen-bond acceptors (Lipinski definition) is 6. The predicted molar refractivity (Wildman–Crippen MR) is 112 cm³/mol. The van der Waals surface area contributed by atoms with Gasteiger partial charge in [-0.3, -0.25) is 4.79 Å². The van der Waals surface area contributed by atoms with Gasteiger partial charge in [-0.25, -0.2) is 0 Å². The minimum atomic E-state index is -0.315. The van der Waals surface area contributed by atoms with Crippen molar-refractivity contribution < 1.29 is 18.7 Å². The molecule has 1 aromatic heterocycles. The molecular weight excluding hydrogens is 382 g/mol. The van der Waals surface area contributed by atoms with Crippen molar-refractivity contribution in [2.45, 2.75) is 0 Å². The molecule has 0 fully saturated rings. The number of ether oxygens (including phenoxy) is 2. The van der Waals surface area contributed by atoms with Gasteiger partial charge >= 0.3 is 0 Å². The fourth-order valence-electron chi connectivity index (χ4n) is 2.88. The lowest BCUT2D eigenvalue weighted by Crippen LogP contribution is -2.20. The molecule has 1 heterocycles. The molecule has 0 radical (unpaired) electrons. The number of carbonyl (C=O) groups is 1. The maximum atomic E-state index is 12.3. The van der Waals surface area contributed by atoms with Gasteiger partial charge < -0.3 is 19.2 Å². The number of para-hydroxylation sites is 3. The first kappa shape index (κ1) is 19.2. The number of rotatable bonds is 7. The van der Waals surface area contributed by atoms with Crippen molar-refractivity contribution in [3.63, 3.8) is 0 Å². The van der Waals surface area contributed by atoms with Gasteiger partial charge in [-0.15, -0.1) is 10.2 Å². The van der Waals surface area contributed by atoms with E-state index in [-0.39, 0.29) is 12.5 Å². The highest BCUT2D eigenvalue weighted by Crippen LogP contribution is 2.31. The average molecular weight is 401 g/mol. The van der Waals surface area contributed by atoms with Crippen molar-refractivity contribution in [2.75, 3.05) is 19.0 Å². The minimum Gasteiger partial charge on any atom is -0.495 e. The Morgan fingerprint density at radius 2 is 1.53 bits per heavy atom. The molecule has 0 aliphatic carbocycles. The highest BCUT2D eigenvalue weighted by Gasteiger charge is 2.16. The van der Waals surface area contributed by atoms with Gasteiger partial charge in [-0.05, 0) is 36.4 Å². The molecule has 4 rings (SSSR count). The average Bonchev–Trinajstić information content (AvgIpc) is 3.29. The fourth-order valence-corrected chi connectivity index (χ4v) is 2.88. The Bertz CT molecular complexity index is 1140. The number of benzene rings is 3. The molecule has 4 aromatic rings. The van der Waals surface area contributed by atoms with Crippen molar-refractivity contribution in [3.8, 4) is 34.4 Å². The normalized spacial score (nSPS) is 10.4. The molecule has 0 saturated carbocycles. The van der Waals surface area contributed by atoms with Gasteiger partial charge in [0.05, 0.1) is 18.4 Å². The zero-order valence-corrected chi connectivity index (χ0v) is 16.2. The molecule has 0 saturated heterocycles. The third-order valence-electron chi connectivity index (χ3n) is 4.30. The Balaban J connectivity index is 1.48. The van der Waals surface area contributed by atoms with Crippen LogP contribution in [0.25, 0.3) is 22.9 Å². The van der Waals surface area contributed by atoms with Crippen LogP contribution in [0.1, 0.15) is 0 Å². The van der Waals surface area contributed by atoms with Gasteiger partial charge in [-0.1, -0.05) is 42.5 Å². The van der Waals surface area contributed by atoms with Crippen LogP contribution in [0.5, 0.6) is 11.5 Å². The van der Waals surface area contributed by atoms with Gasteiger partial charge in [0.1, 0.15) is 11.5 Å². The molecule has 30 heavy (non-hydrogen) atoms. The molecule has 7 nitrogen and oxygen atoms in total. The van der Waals surface area contributed by atoms with Gasteiger partial charge in [0, 0.05) is 5.56 Å². The third-order valence-corrected chi connectivity index (χ3v) is 4.30. The minimum absolute atomic E-state index is 0.186. The van der Waals surface area contributed by atoms with Gasteiger partial charge in [0.2, 0.25) is 5.89 Å². The number of hydrogen-bond donors (Lipinski definition) is 1. The van der Waals surface area contributed by atoms with E-state index in [0.717, 1.165) is 5.56 Å². The van der Waals surface area contributed by atoms with Crippen LogP contribution in [0.3, 0.4) is 0 Å². The first-order valence-electron chi connectivity index (χ1n) is 9.28. The van der Waals surface area contributed by atoms with E-state index >= 15 is 0 Å². The van der Waals surface area contributed by atoms with E-state index in [1.165, 1.54) is 0 Å². The lowest BCUT2D eigenvalue weighted by Gasteiger charge is -2.11. The number of aromatic nitrogens is 2. The first-order chi connectivity index (χ1) is 14.7. The van der Waals surface area contributed by atoms with Crippen molar-refractivity contribution >= 4 is 11.6 Å². The van der Waals surface area contributed by atoms with Gasteiger partial charge in [-0.2, -0.15) is 0 Å². The Morgan fingerprint density at radius 3 is 2.33 bits per heavy atom. The lowest BCUT2D eigenvalue weighted by molar-refractivity contribution is -0.118. The fraction of sp³-hybridized carbons (Fsp3) is 0.0870. The molecule has 1 N–H and O–H groups in total. The summed E-state index contributed by atoms with van der Waals surface area (Å²) in [4.78, 5) is 12.3. The second-order valence-corrected chi connectivity index (χ2v) is 6.31.